The molecule has 170 valence electrons. The molecule has 2 aromatic carbocycles. The monoisotopic (exact) mass is 446 g/mol. The normalized spacial score (nSPS) is 18.0. The zero-order valence-corrected chi connectivity index (χ0v) is 20.1. The molecule has 0 saturated carbocycles. The molecule has 2 atom stereocenters. The van der Waals surface area contributed by atoms with Crippen LogP contribution in [0.2, 0.25) is 0 Å². The van der Waals surface area contributed by atoms with Crippen molar-refractivity contribution in [1.29, 1.82) is 0 Å². The van der Waals surface area contributed by atoms with Crippen LogP contribution in [-0.4, -0.2) is 46.7 Å². The van der Waals surface area contributed by atoms with E-state index in [1.165, 1.54) is 5.56 Å². The van der Waals surface area contributed by atoms with Gasteiger partial charge >= 0.3 is 0 Å². The van der Waals surface area contributed by atoms with Crippen LogP contribution in [0.3, 0.4) is 0 Å². The molecule has 0 saturated heterocycles. The number of hydrogen-bond acceptors (Lipinski definition) is 5. The molecule has 31 heavy (non-hydrogen) atoms. The van der Waals surface area contributed by atoms with E-state index in [1.54, 1.807) is 26.4 Å². The number of likely N-dealkylation sites (N-methyl/N-ethyl adjacent to an activating group) is 1. The third-order valence-electron chi connectivity index (χ3n) is 6.11. The molecule has 0 fully saturated rings. The quantitative estimate of drug-likeness (QED) is 0.665. The lowest BCUT2D eigenvalue weighted by Crippen LogP contribution is -2.51. The van der Waals surface area contributed by atoms with Crippen LogP contribution in [0.5, 0.6) is 11.5 Å². The van der Waals surface area contributed by atoms with E-state index in [-0.39, 0.29) is 22.9 Å². The minimum Gasteiger partial charge on any atom is -0.493 e. The number of rotatable bonds is 8. The highest BCUT2D eigenvalue weighted by molar-refractivity contribution is 7.89. The molecule has 0 bridgehead atoms. The summed E-state index contributed by atoms with van der Waals surface area (Å²) < 4.78 is 40.6. The fraction of sp³-hybridized carbons (Fsp3) is 0.500. The average molecular weight is 447 g/mol. The van der Waals surface area contributed by atoms with Crippen LogP contribution in [-0.2, 0) is 16.4 Å². The maximum absolute atomic E-state index is 13.3. The molecular formula is C24H34N2O4S. The highest BCUT2D eigenvalue weighted by atomic mass is 32.2. The summed E-state index contributed by atoms with van der Waals surface area (Å²) in [4.78, 5) is 2.63. The van der Waals surface area contributed by atoms with E-state index in [0.717, 1.165) is 30.6 Å². The van der Waals surface area contributed by atoms with Gasteiger partial charge in [0.15, 0.2) is 11.5 Å². The van der Waals surface area contributed by atoms with Gasteiger partial charge in [-0.05, 0) is 61.2 Å². The number of benzene rings is 2. The van der Waals surface area contributed by atoms with E-state index in [2.05, 4.69) is 30.4 Å². The fourth-order valence-electron chi connectivity index (χ4n) is 4.33. The number of ether oxygens (including phenoxy) is 2. The second-order valence-electron chi connectivity index (χ2n) is 8.43. The summed E-state index contributed by atoms with van der Waals surface area (Å²) in [5, 5.41) is 0. The van der Waals surface area contributed by atoms with Crippen LogP contribution in [0.1, 0.15) is 43.5 Å². The summed E-state index contributed by atoms with van der Waals surface area (Å²) in [5.74, 6) is 1.44. The molecule has 7 heteroatoms. The van der Waals surface area contributed by atoms with Crippen LogP contribution in [0.4, 0.5) is 0 Å². The molecule has 1 N–H and O–H groups in total. The summed E-state index contributed by atoms with van der Waals surface area (Å²) in [6.07, 6.45) is 0.884. The number of nitrogens with one attached hydrogen (secondary N) is 1. The largest absolute Gasteiger partial charge is 0.493 e. The van der Waals surface area contributed by atoms with Crippen molar-refractivity contribution in [2.75, 3.05) is 27.3 Å². The molecular weight excluding hydrogens is 412 g/mol. The Morgan fingerprint density at radius 2 is 1.71 bits per heavy atom. The predicted octanol–water partition coefficient (Wildman–Crippen LogP) is 3.93. The smallest absolute Gasteiger partial charge is 0.240 e. The third kappa shape index (κ3) is 4.89. The van der Waals surface area contributed by atoms with Crippen molar-refractivity contribution in [1.82, 2.24) is 9.62 Å². The molecule has 1 aliphatic heterocycles. The van der Waals surface area contributed by atoms with Crippen LogP contribution in [0, 0.1) is 12.8 Å². The maximum atomic E-state index is 13.3. The molecule has 1 aliphatic rings. The van der Waals surface area contributed by atoms with Crippen molar-refractivity contribution in [2.45, 2.75) is 51.1 Å². The Labute approximate surface area is 186 Å². The number of sulfonamides is 1. The topological polar surface area (TPSA) is 67.9 Å². The second kappa shape index (κ2) is 9.59. The molecule has 0 spiro atoms. The highest BCUT2D eigenvalue weighted by Crippen LogP contribution is 2.41. The number of fused-ring (bicyclic) bond motifs is 1. The first-order chi connectivity index (χ1) is 14.7. The Morgan fingerprint density at radius 1 is 1.10 bits per heavy atom. The molecule has 6 nitrogen and oxygen atoms in total. The molecule has 0 amide bonds. The standard InChI is InChI=1S/C24H34N2O4S/c1-7-26-13-12-18-14-21(29-5)22(30-6)15-20(18)24(26)23(16(2)3)25-31(27,28)19-10-8-17(4)9-11-19/h8-11,14-16,23-25H,7,12-13H2,1-6H3/t23-,24+/m1/s1. The van der Waals surface area contributed by atoms with Gasteiger partial charge in [-0.3, -0.25) is 4.90 Å². The highest BCUT2D eigenvalue weighted by Gasteiger charge is 2.38. The van der Waals surface area contributed by atoms with Crippen LogP contribution >= 0.6 is 0 Å². The van der Waals surface area contributed by atoms with Gasteiger partial charge in [-0.2, -0.15) is 0 Å². The van der Waals surface area contributed by atoms with Gasteiger partial charge in [0.25, 0.3) is 0 Å². The second-order valence-corrected chi connectivity index (χ2v) is 10.1. The lowest BCUT2D eigenvalue weighted by atomic mass is 9.84. The van der Waals surface area contributed by atoms with Gasteiger partial charge in [0.1, 0.15) is 0 Å². The van der Waals surface area contributed by atoms with Gasteiger partial charge in [0.05, 0.1) is 25.2 Å². The Hall–Kier alpha value is -2.09. The van der Waals surface area contributed by atoms with Crippen molar-refractivity contribution in [3.8, 4) is 11.5 Å². The van der Waals surface area contributed by atoms with E-state index >= 15 is 0 Å². The van der Waals surface area contributed by atoms with Crippen molar-refractivity contribution in [3.63, 3.8) is 0 Å². The lowest BCUT2D eigenvalue weighted by molar-refractivity contribution is 0.141. The van der Waals surface area contributed by atoms with E-state index in [1.807, 2.05) is 31.2 Å². The van der Waals surface area contributed by atoms with Crippen LogP contribution in [0.25, 0.3) is 0 Å². The molecule has 2 aromatic rings. The van der Waals surface area contributed by atoms with Crippen LogP contribution in [0.15, 0.2) is 41.3 Å². The molecule has 0 radical (unpaired) electrons. The van der Waals surface area contributed by atoms with Gasteiger partial charge in [-0.15, -0.1) is 0 Å². The Balaban J connectivity index is 2.06. The van der Waals surface area contributed by atoms with Crippen molar-refractivity contribution < 1.29 is 17.9 Å². The number of hydrogen-bond donors (Lipinski definition) is 1. The summed E-state index contributed by atoms with van der Waals surface area (Å²) in [6, 6.07) is 10.6. The molecule has 0 aromatic heterocycles. The summed E-state index contributed by atoms with van der Waals surface area (Å²) in [5.41, 5.74) is 3.29. The molecule has 1 heterocycles. The van der Waals surface area contributed by atoms with E-state index in [0.29, 0.717) is 11.5 Å². The molecule has 0 unspecified atom stereocenters. The Bertz CT molecular complexity index is 1000. The van der Waals surface area contributed by atoms with E-state index in [4.69, 9.17) is 9.47 Å². The zero-order valence-electron chi connectivity index (χ0n) is 19.3. The Morgan fingerprint density at radius 3 is 2.26 bits per heavy atom. The van der Waals surface area contributed by atoms with E-state index < -0.39 is 10.0 Å². The number of methoxy groups -OCH3 is 2. The fourth-order valence-corrected chi connectivity index (χ4v) is 5.72. The SMILES string of the molecule is CCN1CCc2cc(OC)c(OC)cc2[C@H]1[C@H](NS(=O)(=O)c1ccc(C)cc1)C(C)C. The Kier molecular flexibility index (Phi) is 7.29. The van der Waals surface area contributed by atoms with Gasteiger partial charge in [0, 0.05) is 12.6 Å². The third-order valence-corrected chi connectivity index (χ3v) is 7.59. The van der Waals surface area contributed by atoms with Crippen molar-refractivity contribution in [2.24, 2.45) is 5.92 Å². The first-order valence-electron chi connectivity index (χ1n) is 10.8. The summed E-state index contributed by atoms with van der Waals surface area (Å²) in [6.45, 7) is 9.87. The minimum absolute atomic E-state index is 0.0818. The van der Waals surface area contributed by atoms with Crippen molar-refractivity contribution in [3.05, 3.63) is 53.1 Å². The van der Waals surface area contributed by atoms with Gasteiger partial charge in [0.2, 0.25) is 10.0 Å². The van der Waals surface area contributed by atoms with Crippen LogP contribution < -0.4 is 14.2 Å². The van der Waals surface area contributed by atoms with Gasteiger partial charge in [-0.1, -0.05) is 38.5 Å². The first kappa shape index (κ1) is 23.6. The van der Waals surface area contributed by atoms with Gasteiger partial charge < -0.3 is 9.47 Å². The molecule has 3 rings (SSSR count). The summed E-state index contributed by atoms with van der Waals surface area (Å²) >= 11 is 0. The minimum atomic E-state index is -3.67. The maximum Gasteiger partial charge on any atom is 0.240 e. The lowest BCUT2D eigenvalue weighted by Gasteiger charge is -2.43. The summed E-state index contributed by atoms with van der Waals surface area (Å²) in [7, 11) is -0.407. The number of aryl methyl sites for hydroxylation is 1. The first-order valence-corrected chi connectivity index (χ1v) is 12.3. The van der Waals surface area contributed by atoms with Crippen molar-refractivity contribution >= 4 is 10.0 Å². The zero-order chi connectivity index (χ0) is 22.8. The van der Waals surface area contributed by atoms with E-state index in [9.17, 15) is 8.42 Å². The molecule has 0 aliphatic carbocycles. The number of nitrogens with zero attached hydrogens (tertiary/aromatic N) is 1. The van der Waals surface area contributed by atoms with Gasteiger partial charge in [-0.25, -0.2) is 13.1 Å². The average Bonchev–Trinajstić information content (AvgIpc) is 2.75. The predicted molar refractivity (Wildman–Crippen MR) is 123 cm³/mol.